The largest absolute Gasteiger partial charge is 0.394 e. The Kier molecular flexibility index (Phi) is 12.2. The molecule has 0 aliphatic carbocycles. The molecule has 0 aromatic carbocycles. The van der Waals surface area contributed by atoms with Gasteiger partial charge in [0.05, 0.1) is 25.4 Å². The SMILES string of the molecule is [2H]C([2H])([2H])C([2H])([2H])CCCCCCCCCCC/C=C/[C@@H](O)[C@@H](N)CO[C@@H]1O[C@H](CO)[C@@H](O)[C@H](O)[C@H]1O. The molecular weight excluding hydrogens is 414 g/mol. The number of rotatable bonds is 18. The maximum Gasteiger partial charge on any atom is 0.186 e. The quantitative estimate of drug-likeness (QED) is 0.132. The molecule has 0 spiro atoms. The Morgan fingerprint density at radius 2 is 1.56 bits per heavy atom. The second-order valence-electron chi connectivity index (χ2n) is 8.51. The number of hydrogen-bond acceptors (Lipinski definition) is 8. The molecule has 0 radical (unpaired) electrons. The Labute approximate surface area is 200 Å². The number of hydrogen-bond donors (Lipinski definition) is 6. The summed E-state index contributed by atoms with van der Waals surface area (Å²) in [5.74, 6) is 0. The highest BCUT2D eigenvalue weighted by atomic mass is 16.7. The molecule has 0 aromatic heterocycles. The maximum atomic E-state index is 10.2. The van der Waals surface area contributed by atoms with Gasteiger partial charge in [-0.1, -0.05) is 83.2 Å². The summed E-state index contributed by atoms with van der Waals surface area (Å²) in [5.41, 5.74) is 5.92. The fraction of sp³-hybridized carbons (Fsp3) is 0.917. The van der Waals surface area contributed by atoms with Crippen molar-refractivity contribution in [3.8, 4) is 0 Å². The lowest BCUT2D eigenvalue weighted by atomic mass is 9.99. The highest BCUT2D eigenvalue weighted by molar-refractivity contribution is 4.94. The third-order valence-corrected chi connectivity index (χ3v) is 5.75. The van der Waals surface area contributed by atoms with Crippen LogP contribution < -0.4 is 5.73 Å². The van der Waals surface area contributed by atoms with Crippen molar-refractivity contribution in [1.82, 2.24) is 0 Å². The molecule has 1 heterocycles. The standard InChI is InChI=1S/C24H47NO7/c1-2-3-4-5-6-7-8-9-10-11-12-13-14-15-19(27)18(25)17-31-24-23(30)22(29)21(28)20(16-26)32-24/h14-15,18-24,26-30H,2-13,16-17,25H2,1H3/b15-14+/t18-,19+,20+,21+,22-,23+,24+/m0/s1/i1D3,2D2. The summed E-state index contributed by atoms with van der Waals surface area (Å²) in [7, 11) is 0. The molecule has 8 nitrogen and oxygen atoms in total. The van der Waals surface area contributed by atoms with E-state index in [-0.39, 0.29) is 13.0 Å². The van der Waals surface area contributed by atoms with Gasteiger partial charge in [-0.25, -0.2) is 0 Å². The lowest BCUT2D eigenvalue weighted by molar-refractivity contribution is -0.302. The minimum atomic E-state index is -2.56. The van der Waals surface area contributed by atoms with Crippen LogP contribution in [0.1, 0.15) is 90.7 Å². The van der Waals surface area contributed by atoms with Crippen molar-refractivity contribution in [2.24, 2.45) is 5.73 Å². The number of nitrogens with two attached hydrogens (primary N) is 1. The summed E-state index contributed by atoms with van der Waals surface area (Å²) in [5, 5.41) is 48.9. The summed E-state index contributed by atoms with van der Waals surface area (Å²) < 4.78 is 47.4. The number of unbranched alkanes of at least 4 members (excludes halogenated alkanes) is 9. The first-order valence-corrected chi connectivity index (χ1v) is 11.8. The first-order valence-electron chi connectivity index (χ1n) is 14.3. The van der Waals surface area contributed by atoms with E-state index < -0.39 is 62.7 Å². The molecule has 0 amide bonds. The fourth-order valence-electron chi connectivity index (χ4n) is 3.60. The molecule has 32 heavy (non-hydrogen) atoms. The molecule has 0 saturated carbocycles. The van der Waals surface area contributed by atoms with Crippen LogP contribution in [0.2, 0.25) is 0 Å². The zero-order valence-electron chi connectivity index (χ0n) is 24.0. The Morgan fingerprint density at radius 1 is 0.969 bits per heavy atom. The lowest BCUT2D eigenvalue weighted by Gasteiger charge is -2.39. The molecule has 1 saturated heterocycles. The first-order chi connectivity index (χ1) is 17.3. The average Bonchev–Trinajstić information content (AvgIpc) is 2.83. The zero-order chi connectivity index (χ0) is 28.1. The van der Waals surface area contributed by atoms with Gasteiger partial charge in [-0.15, -0.1) is 0 Å². The molecule has 1 rings (SSSR count). The van der Waals surface area contributed by atoms with Gasteiger partial charge in [0.2, 0.25) is 0 Å². The van der Waals surface area contributed by atoms with Crippen LogP contribution in [0.5, 0.6) is 0 Å². The van der Waals surface area contributed by atoms with E-state index in [0.29, 0.717) is 6.42 Å². The second-order valence-corrected chi connectivity index (χ2v) is 8.51. The van der Waals surface area contributed by atoms with Crippen LogP contribution in [0.3, 0.4) is 0 Å². The predicted molar refractivity (Wildman–Crippen MR) is 124 cm³/mol. The van der Waals surface area contributed by atoms with E-state index in [1.807, 2.05) is 6.08 Å². The number of ether oxygens (including phenoxy) is 2. The highest BCUT2D eigenvalue weighted by Crippen LogP contribution is 2.22. The van der Waals surface area contributed by atoms with Crippen LogP contribution >= 0.6 is 0 Å². The Hall–Kier alpha value is -0.580. The Balaban J connectivity index is 2.07. The summed E-state index contributed by atoms with van der Waals surface area (Å²) in [6, 6.07) is -0.796. The van der Waals surface area contributed by atoms with Crippen LogP contribution in [-0.2, 0) is 9.47 Å². The van der Waals surface area contributed by atoms with Gasteiger partial charge in [-0.05, 0) is 12.8 Å². The molecule has 0 unspecified atom stereocenters. The van der Waals surface area contributed by atoms with E-state index >= 15 is 0 Å². The second kappa shape index (κ2) is 17.8. The predicted octanol–water partition coefficient (Wildman–Crippen LogP) is 1.75. The van der Waals surface area contributed by atoms with Gasteiger partial charge in [0.25, 0.3) is 0 Å². The van der Waals surface area contributed by atoms with Gasteiger partial charge in [0.1, 0.15) is 24.4 Å². The van der Waals surface area contributed by atoms with Crippen LogP contribution in [0.15, 0.2) is 12.2 Å². The molecule has 1 fully saturated rings. The summed E-state index contributed by atoms with van der Waals surface area (Å²) in [4.78, 5) is 0. The Morgan fingerprint density at radius 3 is 2.16 bits per heavy atom. The summed E-state index contributed by atoms with van der Waals surface area (Å²) >= 11 is 0. The Bertz CT molecular complexity index is 639. The van der Waals surface area contributed by atoms with E-state index in [1.165, 1.54) is 0 Å². The van der Waals surface area contributed by atoms with Crippen LogP contribution in [-0.4, -0.2) is 81.6 Å². The molecule has 7 N–H and O–H groups in total. The van der Waals surface area contributed by atoms with Gasteiger partial charge in [-0.3, -0.25) is 0 Å². The average molecular weight is 467 g/mol. The minimum absolute atomic E-state index is 0.0713. The van der Waals surface area contributed by atoms with Crippen LogP contribution in [0.25, 0.3) is 0 Å². The van der Waals surface area contributed by atoms with Crippen molar-refractivity contribution in [2.75, 3.05) is 13.2 Å². The van der Waals surface area contributed by atoms with Crippen LogP contribution in [0, 0.1) is 0 Å². The van der Waals surface area contributed by atoms with Crippen molar-refractivity contribution in [2.45, 2.75) is 127 Å². The summed E-state index contributed by atoms with van der Waals surface area (Å²) in [6.45, 7) is -3.28. The van der Waals surface area contributed by atoms with Gasteiger partial charge < -0.3 is 40.7 Å². The van der Waals surface area contributed by atoms with Crippen LogP contribution in [0.4, 0.5) is 0 Å². The molecule has 1 aliphatic rings. The maximum absolute atomic E-state index is 10.2. The normalized spacial score (nSPS) is 31.4. The van der Waals surface area contributed by atoms with Gasteiger partial charge >= 0.3 is 0 Å². The van der Waals surface area contributed by atoms with E-state index in [4.69, 9.17) is 22.1 Å². The van der Waals surface area contributed by atoms with Gasteiger partial charge in [0.15, 0.2) is 6.29 Å². The van der Waals surface area contributed by atoms with Crippen molar-refractivity contribution in [1.29, 1.82) is 0 Å². The number of aliphatic hydroxyl groups is 5. The zero-order valence-corrected chi connectivity index (χ0v) is 19.0. The third-order valence-electron chi connectivity index (χ3n) is 5.75. The van der Waals surface area contributed by atoms with Crippen molar-refractivity contribution in [3.63, 3.8) is 0 Å². The van der Waals surface area contributed by atoms with Crippen molar-refractivity contribution < 1.29 is 41.9 Å². The van der Waals surface area contributed by atoms with Crippen molar-refractivity contribution in [3.05, 3.63) is 12.2 Å². The first kappa shape index (κ1) is 21.9. The van der Waals surface area contributed by atoms with E-state index in [9.17, 15) is 25.5 Å². The van der Waals surface area contributed by atoms with E-state index in [1.54, 1.807) is 6.08 Å². The minimum Gasteiger partial charge on any atom is -0.394 e. The monoisotopic (exact) mass is 466 g/mol. The fourth-order valence-corrected chi connectivity index (χ4v) is 3.60. The molecule has 190 valence electrons. The van der Waals surface area contributed by atoms with E-state index in [2.05, 4.69) is 0 Å². The van der Waals surface area contributed by atoms with E-state index in [0.717, 1.165) is 57.8 Å². The highest BCUT2D eigenvalue weighted by Gasteiger charge is 2.44. The van der Waals surface area contributed by atoms with Crippen molar-refractivity contribution >= 4 is 0 Å². The molecule has 0 aromatic rings. The van der Waals surface area contributed by atoms with Gasteiger partial charge in [0, 0.05) is 6.85 Å². The molecule has 7 atom stereocenters. The smallest absolute Gasteiger partial charge is 0.186 e. The number of aliphatic hydroxyl groups excluding tert-OH is 5. The third kappa shape index (κ3) is 11.5. The molecule has 1 aliphatic heterocycles. The molecule has 0 bridgehead atoms. The summed E-state index contributed by atoms with van der Waals surface area (Å²) in [6.07, 6.45) is 3.20. The topological polar surface area (TPSA) is 146 Å². The van der Waals surface area contributed by atoms with Gasteiger partial charge in [-0.2, -0.15) is 0 Å². The molecule has 8 heteroatoms. The lowest BCUT2D eigenvalue weighted by Crippen LogP contribution is -2.59. The number of allylic oxidation sites excluding steroid dienone is 1. The molecular formula is C24H47NO7.